The average Bonchev–Trinajstić information content (AvgIpc) is 3.46. The Morgan fingerprint density at radius 1 is 1.26 bits per heavy atom. The maximum atomic E-state index is 12.9. The summed E-state index contributed by atoms with van der Waals surface area (Å²) in [6.45, 7) is 7.02. The molecule has 3 aromatic rings. The van der Waals surface area contributed by atoms with Gasteiger partial charge in [-0.3, -0.25) is 0 Å². The lowest BCUT2D eigenvalue weighted by Crippen LogP contribution is -2.49. The van der Waals surface area contributed by atoms with Crippen LogP contribution in [0.2, 0.25) is 0 Å². The molecule has 1 amide bonds. The third-order valence-electron chi connectivity index (χ3n) is 6.69. The van der Waals surface area contributed by atoms with Gasteiger partial charge in [0.15, 0.2) is 10.2 Å². The van der Waals surface area contributed by atoms with Crippen LogP contribution >= 0.6 is 11.3 Å². The van der Waals surface area contributed by atoms with Gasteiger partial charge in [-0.25, -0.2) is 27.9 Å². The predicted octanol–water partition coefficient (Wildman–Crippen LogP) is 3.53. The van der Waals surface area contributed by atoms with Crippen LogP contribution in [-0.2, 0) is 14.8 Å². The normalized spacial score (nSPS) is 18.8. The number of hydrogen-bond acceptors (Lipinski definition) is 9. The Kier molecular flexibility index (Phi) is 8.86. The number of aliphatic hydroxyl groups excluding tert-OH is 1. The van der Waals surface area contributed by atoms with E-state index in [1.54, 1.807) is 23.5 Å². The van der Waals surface area contributed by atoms with Crippen LogP contribution in [0.3, 0.4) is 0 Å². The standard InChI is InChI=1S/C26H35N5O5S2/c1-4-5-10-18(20(32)15-28-38(34,35)23-13-8-9-14-27-23)30-25(33)36-22-16-31(17-26(22,2)3)24-29-19-11-6-7-12-21(19)37-24/h6-9,11-14,18,20,22,28,32H,4-5,10,15-17H2,1-3H3,(H,30,33)/t18-,20-,22+/m0/s1. The highest BCUT2D eigenvalue weighted by atomic mass is 32.2. The summed E-state index contributed by atoms with van der Waals surface area (Å²) in [5, 5.41) is 14.3. The quantitative estimate of drug-likeness (QED) is 0.324. The van der Waals surface area contributed by atoms with Crippen molar-refractivity contribution in [3.05, 3.63) is 48.7 Å². The van der Waals surface area contributed by atoms with Crippen molar-refractivity contribution in [1.29, 1.82) is 0 Å². The number of pyridine rings is 1. The second-order valence-electron chi connectivity index (χ2n) is 10.2. The molecule has 38 heavy (non-hydrogen) atoms. The Labute approximate surface area is 227 Å². The summed E-state index contributed by atoms with van der Waals surface area (Å²) in [5.41, 5.74) is 0.629. The van der Waals surface area contributed by atoms with Gasteiger partial charge < -0.3 is 20.1 Å². The van der Waals surface area contributed by atoms with E-state index in [0.717, 1.165) is 28.2 Å². The van der Waals surface area contributed by atoms with Gasteiger partial charge in [0, 0.05) is 24.7 Å². The Bertz CT molecular complexity index is 1300. The van der Waals surface area contributed by atoms with Gasteiger partial charge in [0.25, 0.3) is 10.0 Å². The first-order valence-electron chi connectivity index (χ1n) is 12.8. The molecule has 0 spiro atoms. The molecule has 3 atom stereocenters. The number of rotatable bonds is 11. The van der Waals surface area contributed by atoms with E-state index in [9.17, 15) is 18.3 Å². The molecule has 0 unspecified atom stereocenters. The number of hydrogen-bond donors (Lipinski definition) is 3. The second kappa shape index (κ2) is 11.9. The van der Waals surface area contributed by atoms with Crippen LogP contribution in [0.4, 0.5) is 9.93 Å². The van der Waals surface area contributed by atoms with Gasteiger partial charge in [-0.05, 0) is 30.7 Å². The first-order valence-corrected chi connectivity index (χ1v) is 15.1. The summed E-state index contributed by atoms with van der Waals surface area (Å²) in [7, 11) is -3.89. The molecular weight excluding hydrogens is 526 g/mol. The number of carbonyl (C=O) groups excluding carboxylic acids is 1. The van der Waals surface area contributed by atoms with E-state index < -0.39 is 28.3 Å². The summed E-state index contributed by atoms with van der Waals surface area (Å²) < 4.78 is 34.3. The lowest BCUT2D eigenvalue weighted by molar-refractivity contribution is 0.0445. The SMILES string of the molecule is CCCC[C@H](NC(=O)O[C@@H]1CN(c2nc3ccccc3s2)CC1(C)C)[C@@H](O)CNS(=O)(=O)c1ccccn1. The van der Waals surface area contributed by atoms with Gasteiger partial charge in [-0.1, -0.05) is 63.1 Å². The van der Waals surface area contributed by atoms with E-state index >= 15 is 0 Å². The molecule has 0 bridgehead atoms. The summed E-state index contributed by atoms with van der Waals surface area (Å²) in [4.78, 5) is 23.7. The van der Waals surface area contributed by atoms with Gasteiger partial charge in [0.1, 0.15) is 6.10 Å². The van der Waals surface area contributed by atoms with E-state index in [2.05, 4.69) is 19.9 Å². The highest BCUT2D eigenvalue weighted by Crippen LogP contribution is 2.38. The fourth-order valence-corrected chi connectivity index (χ4v) is 6.43. The number of anilines is 1. The number of benzene rings is 1. The molecule has 0 radical (unpaired) electrons. The zero-order valence-corrected chi connectivity index (χ0v) is 23.5. The molecule has 1 aliphatic rings. The van der Waals surface area contributed by atoms with Crippen LogP contribution in [0, 0.1) is 5.41 Å². The number of ether oxygens (including phenoxy) is 1. The smallest absolute Gasteiger partial charge is 0.407 e. The molecule has 12 heteroatoms. The number of unbranched alkanes of at least 4 members (excludes halogenated alkanes) is 1. The van der Waals surface area contributed by atoms with Crippen LogP contribution in [0.15, 0.2) is 53.7 Å². The monoisotopic (exact) mass is 561 g/mol. The number of aliphatic hydroxyl groups is 1. The molecule has 1 aromatic carbocycles. The maximum Gasteiger partial charge on any atom is 0.407 e. The number of para-hydroxylation sites is 1. The fraction of sp³-hybridized carbons (Fsp3) is 0.500. The number of fused-ring (bicyclic) bond motifs is 1. The summed E-state index contributed by atoms with van der Waals surface area (Å²) >= 11 is 1.61. The molecule has 3 heterocycles. The Hall–Kier alpha value is -2.80. The number of nitrogens with zero attached hydrogens (tertiary/aromatic N) is 3. The first kappa shape index (κ1) is 28.2. The molecule has 1 fully saturated rings. The van der Waals surface area contributed by atoms with Crippen LogP contribution in [0.5, 0.6) is 0 Å². The first-order chi connectivity index (χ1) is 18.1. The van der Waals surface area contributed by atoms with Crippen molar-refractivity contribution in [2.75, 3.05) is 24.5 Å². The number of thiazole rings is 1. The molecule has 0 saturated carbocycles. The number of amides is 1. The zero-order chi connectivity index (χ0) is 27.3. The molecule has 1 aliphatic heterocycles. The molecular formula is C26H35N5O5S2. The average molecular weight is 562 g/mol. The van der Waals surface area contributed by atoms with Crippen LogP contribution in [0.25, 0.3) is 10.2 Å². The van der Waals surface area contributed by atoms with Crippen molar-refractivity contribution in [2.24, 2.45) is 5.41 Å². The third-order valence-corrected chi connectivity index (χ3v) is 9.13. The van der Waals surface area contributed by atoms with Crippen molar-refractivity contribution in [3.8, 4) is 0 Å². The van der Waals surface area contributed by atoms with Gasteiger partial charge in [-0.15, -0.1) is 0 Å². The van der Waals surface area contributed by atoms with Crippen LogP contribution < -0.4 is 14.9 Å². The zero-order valence-electron chi connectivity index (χ0n) is 21.8. The molecule has 1 saturated heterocycles. The summed E-state index contributed by atoms with van der Waals surface area (Å²) in [6.07, 6.45) is 1.28. The van der Waals surface area contributed by atoms with Crippen LogP contribution in [-0.4, -0.2) is 67.5 Å². The predicted molar refractivity (Wildman–Crippen MR) is 148 cm³/mol. The number of aromatic nitrogens is 2. The molecule has 4 rings (SSSR count). The molecule has 10 nitrogen and oxygen atoms in total. The van der Waals surface area contributed by atoms with E-state index in [-0.39, 0.29) is 23.1 Å². The minimum Gasteiger partial charge on any atom is -0.444 e. The van der Waals surface area contributed by atoms with Gasteiger partial charge in [0.2, 0.25) is 0 Å². The van der Waals surface area contributed by atoms with Crippen molar-refractivity contribution in [2.45, 2.75) is 63.3 Å². The van der Waals surface area contributed by atoms with Crippen molar-refractivity contribution in [3.63, 3.8) is 0 Å². The largest absolute Gasteiger partial charge is 0.444 e. The minimum absolute atomic E-state index is 0.133. The van der Waals surface area contributed by atoms with E-state index in [4.69, 9.17) is 9.72 Å². The van der Waals surface area contributed by atoms with E-state index in [0.29, 0.717) is 19.5 Å². The fourth-order valence-electron chi connectivity index (χ4n) is 4.46. The highest BCUT2D eigenvalue weighted by molar-refractivity contribution is 7.89. The van der Waals surface area contributed by atoms with Gasteiger partial charge in [-0.2, -0.15) is 0 Å². The lowest BCUT2D eigenvalue weighted by Gasteiger charge is -2.28. The van der Waals surface area contributed by atoms with Gasteiger partial charge in [0.05, 0.1) is 28.9 Å². The topological polar surface area (TPSA) is 134 Å². The van der Waals surface area contributed by atoms with Crippen molar-refractivity contribution < 1.29 is 23.1 Å². The lowest BCUT2D eigenvalue weighted by atomic mass is 9.90. The van der Waals surface area contributed by atoms with Crippen molar-refractivity contribution in [1.82, 2.24) is 20.0 Å². The third kappa shape index (κ3) is 6.79. The van der Waals surface area contributed by atoms with Crippen LogP contribution in [0.1, 0.15) is 40.0 Å². The Balaban J connectivity index is 1.37. The minimum atomic E-state index is -3.89. The van der Waals surface area contributed by atoms with Gasteiger partial charge >= 0.3 is 6.09 Å². The molecule has 206 valence electrons. The van der Waals surface area contributed by atoms with E-state index in [1.165, 1.54) is 12.3 Å². The Morgan fingerprint density at radius 3 is 2.74 bits per heavy atom. The molecule has 0 aliphatic carbocycles. The van der Waals surface area contributed by atoms with Crippen molar-refractivity contribution >= 4 is 42.8 Å². The highest BCUT2D eigenvalue weighted by Gasteiger charge is 2.43. The summed E-state index contributed by atoms with van der Waals surface area (Å²) in [5.74, 6) is 0. The maximum absolute atomic E-state index is 12.9. The Morgan fingerprint density at radius 2 is 2.03 bits per heavy atom. The number of alkyl carbamates (subject to hydrolysis) is 1. The molecule has 3 N–H and O–H groups in total. The number of carbonyl (C=O) groups is 1. The number of sulfonamides is 1. The molecule has 2 aromatic heterocycles. The van der Waals surface area contributed by atoms with E-state index in [1.807, 2.05) is 45.0 Å². The second-order valence-corrected chi connectivity index (χ2v) is 12.9. The number of nitrogens with one attached hydrogen (secondary N) is 2. The summed E-state index contributed by atoms with van der Waals surface area (Å²) in [6, 6.07) is 11.9.